The highest BCUT2D eigenvalue weighted by Crippen LogP contribution is 2.46. The number of hydrazone groups is 1. The molecule has 44 heavy (non-hydrogen) atoms. The normalized spacial score (nSPS) is 20.7. The molecule has 1 saturated carbocycles. The minimum absolute atomic E-state index is 0.0393. The third kappa shape index (κ3) is 6.42. The summed E-state index contributed by atoms with van der Waals surface area (Å²) in [6, 6.07) is 27.0. The van der Waals surface area contributed by atoms with E-state index in [1.54, 1.807) is 36.4 Å². The van der Waals surface area contributed by atoms with Gasteiger partial charge in [-0.15, -0.1) is 0 Å². The SMILES string of the molecule is C[C@@H]1C/C(=C\c2ccc(Cl)cc2)C2=NN(C(=O)c3cccc(S(=O)(=O)Nc4ccc(Cl)cc4)c3)[C@H](c3ccc(Cl)cc3)[C@@H]2C1. The highest BCUT2D eigenvalue weighted by atomic mass is 35.5. The van der Waals surface area contributed by atoms with Crippen LogP contribution in [0.1, 0.15) is 47.3 Å². The summed E-state index contributed by atoms with van der Waals surface area (Å²) in [6.45, 7) is 2.21. The van der Waals surface area contributed by atoms with Crippen molar-refractivity contribution in [2.45, 2.75) is 30.7 Å². The van der Waals surface area contributed by atoms with Gasteiger partial charge in [-0.3, -0.25) is 9.52 Å². The van der Waals surface area contributed by atoms with Crippen LogP contribution in [0.4, 0.5) is 5.69 Å². The van der Waals surface area contributed by atoms with Crippen LogP contribution in [0.2, 0.25) is 15.1 Å². The lowest BCUT2D eigenvalue weighted by atomic mass is 9.73. The first-order chi connectivity index (χ1) is 21.1. The Balaban J connectivity index is 1.38. The quantitative estimate of drug-likeness (QED) is 0.223. The summed E-state index contributed by atoms with van der Waals surface area (Å²) in [4.78, 5) is 14.2. The van der Waals surface area contributed by atoms with Crippen molar-refractivity contribution in [2.75, 3.05) is 4.72 Å². The second-order valence-electron chi connectivity index (χ2n) is 11.1. The van der Waals surface area contributed by atoms with Crippen LogP contribution < -0.4 is 4.72 Å². The van der Waals surface area contributed by atoms with E-state index >= 15 is 0 Å². The number of benzene rings is 4. The van der Waals surface area contributed by atoms with Gasteiger partial charge in [0.15, 0.2) is 0 Å². The number of nitrogens with zero attached hydrogens (tertiary/aromatic N) is 2. The zero-order chi connectivity index (χ0) is 31.0. The fourth-order valence-electron chi connectivity index (χ4n) is 5.87. The van der Waals surface area contributed by atoms with Crippen molar-refractivity contribution < 1.29 is 13.2 Å². The van der Waals surface area contributed by atoms with Crippen LogP contribution >= 0.6 is 34.8 Å². The molecule has 3 atom stereocenters. The zero-order valence-electron chi connectivity index (χ0n) is 23.6. The number of hydrogen-bond acceptors (Lipinski definition) is 4. The molecule has 0 radical (unpaired) electrons. The van der Waals surface area contributed by atoms with Gasteiger partial charge in [0, 0.05) is 32.2 Å². The highest BCUT2D eigenvalue weighted by molar-refractivity contribution is 7.92. The third-order valence-electron chi connectivity index (χ3n) is 7.88. The average molecular weight is 665 g/mol. The number of hydrogen-bond donors (Lipinski definition) is 1. The number of allylic oxidation sites excluding steroid dienone is 1. The first-order valence-corrected chi connectivity index (χ1v) is 16.7. The smallest absolute Gasteiger partial charge is 0.274 e. The molecule has 4 aromatic rings. The molecule has 224 valence electrons. The molecule has 6 nitrogen and oxygen atoms in total. The molecule has 1 aliphatic carbocycles. The number of carbonyl (C=O) groups excluding carboxylic acids is 1. The van der Waals surface area contributed by atoms with Crippen LogP contribution in [0.15, 0.2) is 113 Å². The van der Waals surface area contributed by atoms with Crippen molar-refractivity contribution in [3.8, 4) is 0 Å². The molecule has 4 aromatic carbocycles. The van der Waals surface area contributed by atoms with E-state index in [2.05, 4.69) is 17.7 Å². The maximum absolute atomic E-state index is 14.2. The molecule has 0 bridgehead atoms. The summed E-state index contributed by atoms with van der Waals surface area (Å²) in [6.07, 6.45) is 3.77. The molecule has 0 aromatic heterocycles. The molecule has 6 rings (SSSR count). The molecule has 0 unspecified atom stereocenters. The Labute approximate surface area is 272 Å². The van der Waals surface area contributed by atoms with Crippen molar-refractivity contribution >= 4 is 68.2 Å². The van der Waals surface area contributed by atoms with Gasteiger partial charge in [-0.1, -0.05) is 72.1 Å². The van der Waals surface area contributed by atoms with Crippen molar-refractivity contribution in [3.05, 3.63) is 134 Å². The van der Waals surface area contributed by atoms with Crippen molar-refractivity contribution in [1.29, 1.82) is 0 Å². The average Bonchev–Trinajstić information content (AvgIpc) is 3.39. The Kier molecular flexibility index (Phi) is 8.57. The summed E-state index contributed by atoms with van der Waals surface area (Å²) in [5.41, 5.74) is 4.40. The van der Waals surface area contributed by atoms with E-state index in [0.717, 1.165) is 35.3 Å². The third-order valence-corrected chi connectivity index (χ3v) is 10.0. The van der Waals surface area contributed by atoms with E-state index in [0.29, 0.717) is 26.7 Å². The van der Waals surface area contributed by atoms with Crippen LogP contribution in [-0.2, 0) is 10.0 Å². The predicted molar refractivity (Wildman–Crippen MR) is 178 cm³/mol. The molecular weight excluding hydrogens is 637 g/mol. The van der Waals surface area contributed by atoms with E-state index in [4.69, 9.17) is 39.9 Å². The number of anilines is 1. The molecule has 1 heterocycles. The first-order valence-electron chi connectivity index (χ1n) is 14.1. The maximum Gasteiger partial charge on any atom is 0.274 e. The summed E-state index contributed by atoms with van der Waals surface area (Å²) in [5, 5.41) is 8.21. The Bertz CT molecular complexity index is 1870. The number of sulfonamides is 1. The number of halogens is 3. The fourth-order valence-corrected chi connectivity index (χ4v) is 7.35. The highest BCUT2D eigenvalue weighted by Gasteiger charge is 2.45. The molecule has 10 heteroatoms. The number of carbonyl (C=O) groups is 1. The summed E-state index contributed by atoms with van der Waals surface area (Å²) in [7, 11) is -3.98. The van der Waals surface area contributed by atoms with Gasteiger partial charge in [-0.25, -0.2) is 13.4 Å². The number of amides is 1. The first kappa shape index (κ1) is 30.4. The molecule has 0 saturated heterocycles. The van der Waals surface area contributed by atoms with E-state index in [-0.39, 0.29) is 16.4 Å². The summed E-state index contributed by atoms with van der Waals surface area (Å²) < 4.78 is 29.1. The summed E-state index contributed by atoms with van der Waals surface area (Å²) >= 11 is 18.3. The van der Waals surface area contributed by atoms with E-state index < -0.39 is 22.0 Å². The maximum atomic E-state index is 14.2. The Morgan fingerprint density at radius 1 is 0.886 bits per heavy atom. The van der Waals surface area contributed by atoms with Gasteiger partial charge in [-0.2, -0.15) is 5.10 Å². The van der Waals surface area contributed by atoms with Gasteiger partial charge >= 0.3 is 0 Å². The van der Waals surface area contributed by atoms with Crippen LogP contribution in [0, 0.1) is 11.8 Å². The number of fused-ring (bicyclic) bond motifs is 1. The van der Waals surface area contributed by atoms with E-state index in [9.17, 15) is 13.2 Å². The fraction of sp³-hybridized carbons (Fsp3) is 0.176. The second-order valence-corrected chi connectivity index (χ2v) is 14.1. The molecular formula is C34H28Cl3N3O3S. The van der Waals surface area contributed by atoms with Crippen molar-refractivity contribution in [2.24, 2.45) is 16.9 Å². The van der Waals surface area contributed by atoms with Crippen molar-refractivity contribution in [1.82, 2.24) is 5.01 Å². The van der Waals surface area contributed by atoms with E-state index in [1.165, 1.54) is 17.1 Å². The Morgan fingerprint density at radius 2 is 1.50 bits per heavy atom. The van der Waals surface area contributed by atoms with Gasteiger partial charge < -0.3 is 0 Å². The molecule has 1 amide bonds. The lowest BCUT2D eigenvalue weighted by Crippen LogP contribution is -2.33. The van der Waals surface area contributed by atoms with Crippen LogP contribution in [0.5, 0.6) is 0 Å². The minimum Gasteiger partial charge on any atom is -0.280 e. The lowest BCUT2D eigenvalue weighted by molar-refractivity contribution is 0.0676. The van der Waals surface area contributed by atoms with Gasteiger partial charge in [0.1, 0.15) is 0 Å². The summed E-state index contributed by atoms with van der Waals surface area (Å²) in [5.74, 6) is -0.0930. The predicted octanol–water partition coefficient (Wildman–Crippen LogP) is 9.13. The standard InChI is InChI=1S/C34H28Cl3N3O3S/c1-21-17-25(19-22-5-9-26(35)10-6-22)32-31(18-21)33(23-7-11-27(36)12-8-23)40(38-32)34(41)24-3-2-4-30(20-24)44(42,43)39-29-15-13-28(37)14-16-29/h2-16,19-21,31,33,39H,17-18H2,1H3/b25-19+/t21-,31-,33-/m1/s1. The minimum atomic E-state index is -3.98. The molecule has 0 spiro atoms. The van der Waals surface area contributed by atoms with Gasteiger partial charge in [0.05, 0.1) is 16.6 Å². The Morgan fingerprint density at radius 3 is 2.16 bits per heavy atom. The molecule has 1 aliphatic heterocycles. The second kappa shape index (κ2) is 12.4. The monoisotopic (exact) mass is 663 g/mol. The molecule has 1 N–H and O–H groups in total. The number of nitrogens with one attached hydrogen (secondary N) is 1. The largest absolute Gasteiger partial charge is 0.280 e. The van der Waals surface area contributed by atoms with Gasteiger partial charge in [0.25, 0.3) is 15.9 Å². The Hall–Kier alpha value is -3.62. The topological polar surface area (TPSA) is 78.8 Å². The van der Waals surface area contributed by atoms with Crippen LogP contribution in [0.25, 0.3) is 6.08 Å². The van der Waals surface area contributed by atoms with Crippen LogP contribution in [-0.4, -0.2) is 25.0 Å². The van der Waals surface area contributed by atoms with E-state index in [1.807, 2.05) is 48.5 Å². The molecule has 2 aliphatic rings. The number of rotatable bonds is 6. The van der Waals surface area contributed by atoms with Crippen LogP contribution in [0.3, 0.4) is 0 Å². The molecule has 1 fully saturated rings. The van der Waals surface area contributed by atoms with Gasteiger partial charge in [-0.05, 0) is 108 Å². The zero-order valence-corrected chi connectivity index (χ0v) is 26.7. The van der Waals surface area contributed by atoms with Gasteiger partial charge in [0.2, 0.25) is 0 Å². The van der Waals surface area contributed by atoms with Crippen molar-refractivity contribution in [3.63, 3.8) is 0 Å². The lowest BCUT2D eigenvalue weighted by Gasteiger charge is -2.32.